The molecule has 3 aromatic rings. The maximum Gasteiger partial charge on any atom is 0.0992 e. The van der Waals surface area contributed by atoms with Crippen molar-refractivity contribution in [1.82, 2.24) is 9.38 Å². The molecule has 2 aromatic heterocycles. The summed E-state index contributed by atoms with van der Waals surface area (Å²) in [6.07, 6.45) is 9.69. The van der Waals surface area contributed by atoms with E-state index in [2.05, 4.69) is 28.2 Å². The molecule has 2 aliphatic rings. The van der Waals surface area contributed by atoms with Gasteiger partial charge in [0.05, 0.1) is 35.8 Å². The molecule has 2 fully saturated rings. The van der Waals surface area contributed by atoms with Crippen LogP contribution in [-0.2, 0) is 0 Å². The number of aliphatic hydroxyl groups excluding tert-OH is 1. The maximum atomic E-state index is 11.3. The Kier molecular flexibility index (Phi) is 4.29. The van der Waals surface area contributed by atoms with E-state index in [9.17, 15) is 5.11 Å². The molecule has 1 aliphatic heterocycles. The van der Waals surface area contributed by atoms with Gasteiger partial charge >= 0.3 is 0 Å². The summed E-state index contributed by atoms with van der Waals surface area (Å²) in [5.41, 5.74) is 5.31. The van der Waals surface area contributed by atoms with Crippen LogP contribution in [0.4, 0.5) is 5.69 Å². The molecule has 1 aromatic carbocycles. The van der Waals surface area contributed by atoms with E-state index in [1.54, 1.807) is 0 Å². The molecule has 1 saturated carbocycles. The van der Waals surface area contributed by atoms with Crippen LogP contribution in [0.3, 0.4) is 0 Å². The number of rotatable bonds is 4. The Hall–Kier alpha value is -2.84. The van der Waals surface area contributed by atoms with Gasteiger partial charge in [-0.1, -0.05) is 0 Å². The fraction of sp³-hybridized carbons (Fsp3) is 0.391. The largest absolute Gasteiger partial charge is 0.388 e. The quantitative estimate of drug-likeness (QED) is 0.751. The zero-order chi connectivity index (χ0) is 19.1. The summed E-state index contributed by atoms with van der Waals surface area (Å²) in [6, 6.07) is 12.1. The third-order valence-corrected chi connectivity index (χ3v) is 6.33. The van der Waals surface area contributed by atoms with Crippen LogP contribution in [0.5, 0.6) is 0 Å². The van der Waals surface area contributed by atoms with Crippen molar-refractivity contribution in [3.8, 4) is 6.07 Å². The first-order chi connectivity index (χ1) is 13.7. The Morgan fingerprint density at radius 2 is 1.82 bits per heavy atom. The number of imidazole rings is 1. The van der Waals surface area contributed by atoms with Crippen LogP contribution >= 0.6 is 0 Å². The zero-order valence-electron chi connectivity index (χ0n) is 15.8. The van der Waals surface area contributed by atoms with E-state index in [0.717, 1.165) is 42.7 Å². The minimum atomic E-state index is -0.445. The summed E-state index contributed by atoms with van der Waals surface area (Å²) in [5.74, 6) is 0.858. The van der Waals surface area contributed by atoms with Gasteiger partial charge in [-0.3, -0.25) is 0 Å². The number of nitriles is 1. The van der Waals surface area contributed by atoms with Crippen LogP contribution in [0, 0.1) is 17.2 Å². The second kappa shape index (κ2) is 6.96. The molecule has 5 heteroatoms. The number of aliphatic hydroxyl groups is 1. The Morgan fingerprint density at radius 3 is 2.50 bits per heavy atom. The number of hydrogen-bond acceptors (Lipinski definition) is 4. The average molecular weight is 372 g/mol. The molecule has 28 heavy (non-hydrogen) atoms. The topological polar surface area (TPSA) is 64.6 Å². The molecule has 1 atom stereocenters. The lowest BCUT2D eigenvalue weighted by Gasteiger charge is -2.36. The van der Waals surface area contributed by atoms with E-state index < -0.39 is 6.10 Å². The summed E-state index contributed by atoms with van der Waals surface area (Å²) in [5, 5.41) is 20.3. The van der Waals surface area contributed by atoms with E-state index in [1.165, 1.54) is 18.4 Å². The number of benzene rings is 1. The number of fused-ring (bicyclic) bond motifs is 1. The van der Waals surface area contributed by atoms with Crippen molar-refractivity contribution in [2.45, 2.75) is 37.7 Å². The number of nitrogens with zero attached hydrogens (tertiary/aromatic N) is 4. The molecule has 0 amide bonds. The number of pyridine rings is 1. The van der Waals surface area contributed by atoms with Crippen molar-refractivity contribution >= 4 is 11.2 Å². The highest BCUT2D eigenvalue weighted by molar-refractivity contribution is 5.59. The number of anilines is 1. The predicted molar refractivity (Wildman–Crippen MR) is 108 cm³/mol. The van der Waals surface area contributed by atoms with Crippen LogP contribution in [0.15, 0.2) is 49.1 Å². The number of piperidine rings is 1. The molecule has 0 spiro atoms. The van der Waals surface area contributed by atoms with Gasteiger partial charge in [0.1, 0.15) is 0 Å². The monoisotopic (exact) mass is 372 g/mol. The van der Waals surface area contributed by atoms with Crippen molar-refractivity contribution in [1.29, 1.82) is 5.26 Å². The van der Waals surface area contributed by atoms with Gasteiger partial charge in [-0.2, -0.15) is 5.26 Å². The minimum absolute atomic E-state index is 0.258. The highest BCUT2D eigenvalue weighted by Gasteiger charge is 2.33. The average Bonchev–Trinajstić information content (AvgIpc) is 3.49. The zero-order valence-corrected chi connectivity index (χ0v) is 15.8. The van der Waals surface area contributed by atoms with E-state index in [1.807, 2.05) is 41.2 Å². The SMILES string of the molecule is N#Cc1ccc(N2CCC([C@@H](O)c3c(C4CC4)ccn4cncc34)CC2)cc1. The van der Waals surface area contributed by atoms with E-state index >= 15 is 0 Å². The van der Waals surface area contributed by atoms with Crippen LogP contribution < -0.4 is 4.90 Å². The molecule has 5 rings (SSSR count). The Labute approximate surface area is 164 Å². The lowest BCUT2D eigenvalue weighted by Crippen LogP contribution is -2.35. The maximum absolute atomic E-state index is 11.3. The highest BCUT2D eigenvalue weighted by Crippen LogP contribution is 2.46. The molecule has 1 saturated heterocycles. The van der Waals surface area contributed by atoms with Gasteiger partial charge in [-0.15, -0.1) is 0 Å². The number of hydrogen-bond donors (Lipinski definition) is 1. The van der Waals surface area contributed by atoms with Crippen molar-refractivity contribution in [3.63, 3.8) is 0 Å². The molecule has 0 unspecified atom stereocenters. The molecule has 1 aliphatic carbocycles. The van der Waals surface area contributed by atoms with Crippen LogP contribution in [0.1, 0.15) is 54.4 Å². The summed E-state index contributed by atoms with van der Waals surface area (Å²) in [6.45, 7) is 1.85. The lowest BCUT2D eigenvalue weighted by atomic mass is 9.84. The standard InChI is InChI=1S/C23H24N4O/c24-13-16-1-5-19(6-2-16)26-10-7-18(8-11-26)23(28)22-20(17-3-4-17)9-12-27-15-25-14-21(22)27/h1-2,5-6,9,12,14-15,17-18,23,28H,3-4,7-8,10-11H2/t23-/m1/s1. The van der Waals surface area contributed by atoms with Crippen LogP contribution in [0.2, 0.25) is 0 Å². The third-order valence-electron chi connectivity index (χ3n) is 6.33. The molecule has 142 valence electrons. The molecule has 5 nitrogen and oxygen atoms in total. The first kappa shape index (κ1) is 17.3. The molecule has 3 heterocycles. The van der Waals surface area contributed by atoms with Crippen molar-refractivity contribution in [3.05, 3.63) is 65.7 Å². The number of aromatic nitrogens is 2. The summed E-state index contributed by atoms with van der Waals surface area (Å²) in [7, 11) is 0. The second-order valence-corrected chi connectivity index (χ2v) is 8.07. The Bertz CT molecular complexity index is 1020. The second-order valence-electron chi connectivity index (χ2n) is 8.07. The fourth-order valence-electron chi connectivity index (χ4n) is 4.56. The van der Waals surface area contributed by atoms with Crippen LogP contribution in [-0.4, -0.2) is 27.6 Å². The third kappa shape index (κ3) is 3.04. The predicted octanol–water partition coefficient (Wildman–Crippen LogP) is 4.03. The van der Waals surface area contributed by atoms with Gasteiger partial charge in [0.25, 0.3) is 0 Å². The summed E-state index contributed by atoms with van der Waals surface area (Å²) >= 11 is 0. The minimum Gasteiger partial charge on any atom is -0.388 e. The molecular formula is C23H24N4O. The first-order valence-corrected chi connectivity index (χ1v) is 10.1. The first-order valence-electron chi connectivity index (χ1n) is 10.1. The Balaban J connectivity index is 1.35. The highest BCUT2D eigenvalue weighted by atomic mass is 16.3. The van der Waals surface area contributed by atoms with Crippen molar-refractivity contribution in [2.24, 2.45) is 5.92 Å². The molecular weight excluding hydrogens is 348 g/mol. The van der Waals surface area contributed by atoms with Crippen molar-refractivity contribution in [2.75, 3.05) is 18.0 Å². The summed E-state index contributed by atoms with van der Waals surface area (Å²) in [4.78, 5) is 6.65. The van der Waals surface area contributed by atoms with Gasteiger partial charge in [0, 0.05) is 30.5 Å². The van der Waals surface area contributed by atoms with Gasteiger partial charge in [0.2, 0.25) is 0 Å². The van der Waals surface area contributed by atoms with Crippen LogP contribution in [0.25, 0.3) is 5.52 Å². The van der Waals surface area contributed by atoms with E-state index in [-0.39, 0.29) is 5.92 Å². The molecule has 0 bridgehead atoms. The van der Waals surface area contributed by atoms with Gasteiger partial charge in [-0.05, 0) is 73.4 Å². The smallest absolute Gasteiger partial charge is 0.0992 e. The van der Waals surface area contributed by atoms with Gasteiger partial charge < -0.3 is 14.4 Å². The fourth-order valence-corrected chi connectivity index (χ4v) is 4.56. The van der Waals surface area contributed by atoms with Gasteiger partial charge in [0.15, 0.2) is 0 Å². The van der Waals surface area contributed by atoms with Gasteiger partial charge in [-0.25, -0.2) is 4.98 Å². The lowest BCUT2D eigenvalue weighted by molar-refractivity contribution is 0.0931. The molecule has 0 radical (unpaired) electrons. The van der Waals surface area contributed by atoms with E-state index in [4.69, 9.17) is 5.26 Å². The van der Waals surface area contributed by atoms with E-state index in [0.29, 0.717) is 11.5 Å². The normalized spacial score (nSPS) is 18.9. The summed E-state index contributed by atoms with van der Waals surface area (Å²) < 4.78 is 2.02. The van der Waals surface area contributed by atoms with Crippen molar-refractivity contribution < 1.29 is 5.11 Å². The molecule has 1 N–H and O–H groups in total. The Morgan fingerprint density at radius 1 is 1.07 bits per heavy atom.